The molecule has 15 heavy (non-hydrogen) atoms. The molecule has 0 bridgehead atoms. The van der Waals surface area contributed by atoms with Gasteiger partial charge in [-0.25, -0.2) is 13.2 Å². The standard InChI is InChI=1S/C6H2BClF4O3/c8-1-2(9)3(10)4(11)5(12)6(1)15-7(13)14/h13-14H. The summed E-state index contributed by atoms with van der Waals surface area (Å²) in [7, 11) is -2.54. The van der Waals surface area contributed by atoms with Gasteiger partial charge in [0.25, 0.3) is 0 Å². The summed E-state index contributed by atoms with van der Waals surface area (Å²) in [5.41, 5.74) is 0. The quantitative estimate of drug-likeness (QED) is 0.356. The van der Waals surface area contributed by atoms with Crippen molar-refractivity contribution in [1.82, 2.24) is 0 Å². The van der Waals surface area contributed by atoms with Crippen LogP contribution in [0.3, 0.4) is 0 Å². The highest BCUT2D eigenvalue weighted by Gasteiger charge is 2.28. The molecule has 0 heterocycles. The van der Waals surface area contributed by atoms with E-state index in [2.05, 4.69) is 4.65 Å². The molecule has 82 valence electrons. The molecule has 0 aromatic heterocycles. The summed E-state index contributed by atoms with van der Waals surface area (Å²) in [6.07, 6.45) is 0. The van der Waals surface area contributed by atoms with Gasteiger partial charge in [0.1, 0.15) is 5.02 Å². The smallest absolute Gasteiger partial charge is 0.508 e. The molecular weight excluding hydrogens is 242 g/mol. The molecule has 1 rings (SSSR count). The number of hydrogen-bond acceptors (Lipinski definition) is 3. The zero-order valence-electron chi connectivity index (χ0n) is 6.77. The minimum Gasteiger partial charge on any atom is -0.508 e. The average Bonchev–Trinajstić information content (AvgIpc) is 2.18. The van der Waals surface area contributed by atoms with E-state index in [-0.39, 0.29) is 0 Å². The fourth-order valence-corrected chi connectivity index (χ4v) is 1.00. The Bertz CT molecular complexity index is 371. The maximum Gasteiger partial charge on any atom is 0.707 e. The molecule has 0 aliphatic heterocycles. The second-order valence-corrected chi connectivity index (χ2v) is 2.72. The Morgan fingerprint density at radius 1 is 0.933 bits per heavy atom. The Morgan fingerprint density at radius 2 is 1.40 bits per heavy atom. The van der Waals surface area contributed by atoms with Crippen molar-refractivity contribution in [2.75, 3.05) is 0 Å². The number of halogens is 5. The van der Waals surface area contributed by atoms with Crippen molar-refractivity contribution in [2.45, 2.75) is 0 Å². The highest BCUT2D eigenvalue weighted by molar-refractivity contribution is 6.36. The van der Waals surface area contributed by atoms with Crippen LogP contribution in [0.1, 0.15) is 0 Å². The van der Waals surface area contributed by atoms with E-state index in [1.165, 1.54) is 0 Å². The van der Waals surface area contributed by atoms with Crippen molar-refractivity contribution < 1.29 is 32.3 Å². The minimum atomic E-state index is -2.54. The lowest BCUT2D eigenvalue weighted by Crippen LogP contribution is -2.22. The van der Waals surface area contributed by atoms with Crippen molar-refractivity contribution in [1.29, 1.82) is 0 Å². The number of rotatable bonds is 2. The Balaban J connectivity index is 3.39. The molecule has 0 saturated heterocycles. The van der Waals surface area contributed by atoms with Crippen LogP contribution < -0.4 is 4.65 Å². The van der Waals surface area contributed by atoms with Crippen molar-refractivity contribution >= 4 is 18.9 Å². The molecule has 0 fully saturated rings. The van der Waals surface area contributed by atoms with Gasteiger partial charge in [0.15, 0.2) is 17.4 Å². The second kappa shape index (κ2) is 4.25. The summed E-state index contributed by atoms with van der Waals surface area (Å²) >= 11 is 5.05. The third-order valence-corrected chi connectivity index (χ3v) is 1.73. The van der Waals surface area contributed by atoms with Crippen molar-refractivity contribution in [2.24, 2.45) is 0 Å². The van der Waals surface area contributed by atoms with Gasteiger partial charge >= 0.3 is 7.32 Å². The maximum atomic E-state index is 12.9. The Morgan fingerprint density at radius 3 is 1.87 bits per heavy atom. The van der Waals surface area contributed by atoms with Gasteiger partial charge in [0, 0.05) is 0 Å². The summed E-state index contributed by atoms with van der Waals surface area (Å²) in [4.78, 5) is 0. The first-order chi connectivity index (χ1) is 6.86. The van der Waals surface area contributed by atoms with E-state index >= 15 is 0 Å². The van der Waals surface area contributed by atoms with Crippen LogP contribution >= 0.6 is 11.6 Å². The maximum absolute atomic E-state index is 12.9. The predicted octanol–water partition coefficient (Wildman–Crippen LogP) is 1.24. The van der Waals surface area contributed by atoms with Crippen LogP contribution in [0.5, 0.6) is 5.75 Å². The van der Waals surface area contributed by atoms with Gasteiger partial charge in [-0.05, 0) is 0 Å². The molecule has 0 saturated carbocycles. The third kappa shape index (κ3) is 2.16. The van der Waals surface area contributed by atoms with Crippen LogP contribution in [0.2, 0.25) is 5.02 Å². The molecule has 0 aliphatic rings. The lowest BCUT2D eigenvalue weighted by atomic mass is 10.2. The van der Waals surface area contributed by atoms with Crippen LogP contribution in [0.15, 0.2) is 0 Å². The summed E-state index contributed by atoms with van der Waals surface area (Å²) in [5, 5.41) is 15.3. The van der Waals surface area contributed by atoms with E-state index in [1.807, 2.05) is 0 Å². The van der Waals surface area contributed by atoms with Crippen LogP contribution in [0.25, 0.3) is 0 Å². The number of benzene rings is 1. The first-order valence-electron chi connectivity index (χ1n) is 3.40. The largest absolute Gasteiger partial charge is 0.707 e. The van der Waals surface area contributed by atoms with Crippen molar-refractivity contribution in [3.05, 3.63) is 28.3 Å². The monoisotopic (exact) mass is 244 g/mol. The minimum absolute atomic E-state index is 1.22. The Kier molecular flexibility index (Phi) is 3.43. The second-order valence-electron chi connectivity index (χ2n) is 2.34. The SMILES string of the molecule is OB(O)Oc1c(F)c(F)c(F)c(F)c1Cl. The zero-order chi connectivity index (χ0) is 11.7. The predicted molar refractivity (Wildman–Crippen MR) is 42.1 cm³/mol. The summed E-state index contributed by atoms with van der Waals surface area (Å²) in [5.74, 6) is -9.42. The molecule has 0 amide bonds. The summed E-state index contributed by atoms with van der Waals surface area (Å²) < 4.78 is 54.5. The lowest BCUT2D eigenvalue weighted by Gasteiger charge is -2.09. The van der Waals surface area contributed by atoms with Gasteiger partial charge < -0.3 is 14.7 Å². The van der Waals surface area contributed by atoms with Gasteiger partial charge in [-0.1, -0.05) is 11.6 Å². The molecule has 1 aromatic rings. The first-order valence-corrected chi connectivity index (χ1v) is 3.78. The molecule has 0 unspecified atom stereocenters. The molecule has 2 N–H and O–H groups in total. The fraction of sp³-hybridized carbons (Fsp3) is 0. The van der Waals surface area contributed by atoms with E-state index < -0.39 is 41.4 Å². The number of hydrogen-bond donors (Lipinski definition) is 2. The van der Waals surface area contributed by atoms with E-state index in [1.54, 1.807) is 0 Å². The molecular formula is C6H2BClF4O3. The van der Waals surface area contributed by atoms with Crippen LogP contribution in [0.4, 0.5) is 17.6 Å². The van der Waals surface area contributed by atoms with Gasteiger partial charge in [-0.2, -0.15) is 4.39 Å². The zero-order valence-corrected chi connectivity index (χ0v) is 7.53. The third-order valence-electron chi connectivity index (χ3n) is 1.39. The van der Waals surface area contributed by atoms with Gasteiger partial charge in [0.2, 0.25) is 11.6 Å². The Labute approximate surface area is 86.0 Å². The van der Waals surface area contributed by atoms with Crippen molar-refractivity contribution in [3.8, 4) is 5.75 Å². The lowest BCUT2D eigenvalue weighted by molar-refractivity contribution is 0.276. The molecule has 1 aromatic carbocycles. The molecule has 0 aliphatic carbocycles. The van der Waals surface area contributed by atoms with Crippen molar-refractivity contribution in [3.63, 3.8) is 0 Å². The average molecular weight is 244 g/mol. The molecule has 0 spiro atoms. The van der Waals surface area contributed by atoms with E-state index in [4.69, 9.17) is 21.6 Å². The fourth-order valence-electron chi connectivity index (χ4n) is 0.794. The van der Waals surface area contributed by atoms with E-state index in [0.29, 0.717) is 0 Å². The van der Waals surface area contributed by atoms with E-state index in [9.17, 15) is 17.6 Å². The molecule has 0 atom stereocenters. The summed E-state index contributed by atoms with van der Waals surface area (Å²) in [6, 6.07) is 0. The Hall–Kier alpha value is -0.985. The first kappa shape index (κ1) is 12.1. The highest BCUT2D eigenvalue weighted by atomic mass is 35.5. The van der Waals surface area contributed by atoms with Gasteiger partial charge in [-0.3, -0.25) is 0 Å². The molecule has 0 radical (unpaired) electrons. The topological polar surface area (TPSA) is 49.7 Å². The van der Waals surface area contributed by atoms with E-state index in [0.717, 1.165) is 0 Å². The van der Waals surface area contributed by atoms with Crippen LogP contribution in [0, 0.1) is 23.3 Å². The molecule has 3 nitrogen and oxygen atoms in total. The van der Waals surface area contributed by atoms with Crippen LogP contribution in [-0.2, 0) is 0 Å². The van der Waals surface area contributed by atoms with Gasteiger partial charge in [-0.15, -0.1) is 0 Å². The highest BCUT2D eigenvalue weighted by Crippen LogP contribution is 2.34. The van der Waals surface area contributed by atoms with Gasteiger partial charge in [0.05, 0.1) is 0 Å². The van der Waals surface area contributed by atoms with Crippen LogP contribution in [-0.4, -0.2) is 17.4 Å². The molecule has 9 heteroatoms. The summed E-state index contributed by atoms with van der Waals surface area (Å²) in [6.45, 7) is 0. The normalized spacial score (nSPS) is 10.3.